The van der Waals surface area contributed by atoms with Gasteiger partial charge in [0.05, 0.1) is 12.6 Å². The van der Waals surface area contributed by atoms with E-state index in [4.69, 9.17) is 4.74 Å². The van der Waals surface area contributed by atoms with Gasteiger partial charge in [-0.15, -0.1) is 0 Å². The number of rotatable bonds is 9. The summed E-state index contributed by atoms with van der Waals surface area (Å²) in [5, 5.41) is 7.01. The lowest BCUT2D eigenvalue weighted by molar-refractivity contribution is 0.133. The number of hydrogen-bond donors (Lipinski definition) is 2. The van der Waals surface area contributed by atoms with E-state index < -0.39 is 0 Å². The number of aliphatic imine (C=N–C) groups is 1. The highest BCUT2D eigenvalue weighted by molar-refractivity contribution is 5.79. The van der Waals surface area contributed by atoms with Crippen LogP contribution in [0.25, 0.3) is 0 Å². The largest absolute Gasteiger partial charge is 0.377 e. The van der Waals surface area contributed by atoms with Crippen LogP contribution in [0.5, 0.6) is 0 Å². The van der Waals surface area contributed by atoms with Gasteiger partial charge in [0.15, 0.2) is 5.96 Å². The van der Waals surface area contributed by atoms with Gasteiger partial charge in [0.1, 0.15) is 0 Å². The van der Waals surface area contributed by atoms with E-state index in [0.717, 1.165) is 38.7 Å². The molecule has 2 aromatic carbocycles. The second kappa shape index (κ2) is 11.6. The van der Waals surface area contributed by atoms with Gasteiger partial charge in [-0.25, -0.2) is 0 Å². The van der Waals surface area contributed by atoms with Crippen LogP contribution in [0.15, 0.2) is 59.6 Å². The first-order chi connectivity index (χ1) is 14.3. The molecule has 1 unspecified atom stereocenters. The minimum absolute atomic E-state index is 0.363. The summed E-state index contributed by atoms with van der Waals surface area (Å²) >= 11 is 0. The van der Waals surface area contributed by atoms with Crippen molar-refractivity contribution < 1.29 is 4.74 Å². The molecule has 0 aromatic heterocycles. The molecular formula is C24H34N4O. The average Bonchev–Trinajstić information content (AvgIpc) is 3.30. The molecule has 1 aliphatic heterocycles. The van der Waals surface area contributed by atoms with Crippen LogP contribution in [0, 0.1) is 0 Å². The van der Waals surface area contributed by atoms with E-state index in [-0.39, 0.29) is 0 Å². The van der Waals surface area contributed by atoms with Gasteiger partial charge in [-0.05, 0) is 49.5 Å². The number of likely N-dealkylation sites (tertiary alicyclic amines) is 1. The fourth-order valence-corrected chi connectivity index (χ4v) is 3.86. The van der Waals surface area contributed by atoms with Gasteiger partial charge in [0.25, 0.3) is 0 Å². The summed E-state index contributed by atoms with van der Waals surface area (Å²) in [6.45, 7) is 7.28. The van der Waals surface area contributed by atoms with Gasteiger partial charge in [-0.2, -0.15) is 0 Å². The van der Waals surface area contributed by atoms with Crippen molar-refractivity contribution in [1.29, 1.82) is 0 Å². The van der Waals surface area contributed by atoms with Crippen LogP contribution < -0.4 is 10.6 Å². The van der Waals surface area contributed by atoms with Gasteiger partial charge in [-0.3, -0.25) is 9.89 Å². The minimum atomic E-state index is 0.363. The van der Waals surface area contributed by atoms with E-state index in [1.54, 1.807) is 0 Å². The molecule has 0 spiro atoms. The summed E-state index contributed by atoms with van der Waals surface area (Å²) in [7, 11) is 1.83. The first-order valence-corrected chi connectivity index (χ1v) is 10.7. The molecule has 0 radical (unpaired) electrons. The molecule has 1 heterocycles. The summed E-state index contributed by atoms with van der Waals surface area (Å²) in [5.41, 5.74) is 3.82. The van der Waals surface area contributed by atoms with E-state index >= 15 is 0 Å². The third kappa shape index (κ3) is 6.31. The molecule has 1 fully saturated rings. The Morgan fingerprint density at radius 2 is 1.69 bits per heavy atom. The van der Waals surface area contributed by atoms with E-state index in [2.05, 4.69) is 75.1 Å². The second-order valence-corrected chi connectivity index (χ2v) is 7.38. The molecule has 1 atom stereocenters. The molecule has 0 bridgehead atoms. The van der Waals surface area contributed by atoms with Crippen LogP contribution in [0.4, 0.5) is 0 Å². The highest BCUT2D eigenvalue weighted by atomic mass is 16.5. The molecule has 0 amide bonds. The lowest BCUT2D eigenvalue weighted by Crippen LogP contribution is -2.42. The Kier molecular flexibility index (Phi) is 8.53. The fourth-order valence-electron chi connectivity index (χ4n) is 3.86. The van der Waals surface area contributed by atoms with Crippen molar-refractivity contribution in [3.8, 4) is 0 Å². The standard InChI is InChI=1S/C24H34N4O/c1-3-29-19-22-14-8-7-13-21(22)17-26-24(25-2)27-18-23(28-15-9-10-16-28)20-11-5-4-6-12-20/h4-8,11-14,23H,3,9-10,15-19H2,1-2H3,(H2,25,26,27). The highest BCUT2D eigenvalue weighted by Crippen LogP contribution is 2.24. The van der Waals surface area contributed by atoms with Crippen molar-refractivity contribution in [3.63, 3.8) is 0 Å². The predicted molar refractivity (Wildman–Crippen MR) is 120 cm³/mol. The van der Waals surface area contributed by atoms with Crippen LogP contribution in [0.2, 0.25) is 0 Å². The number of guanidine groups is 1. The molecule has 3 rings (SSSR count). The van der Waals surface area contributed by atoms with Crippen LogP contribution in [-0.4, -0.2) is 44.1 Å². The highest BCUT2D eigenvalue weighted by Gasteiger charge is 2.23. The Bertz CT molecular complexity index is 756. The predicted octanol–water partition coefficient (Wildman–Crippen LogP) is 3.73. The van der Waals surface area contributed by atoms with Crippen molar-refractivity contribution in [3.05, 3.63) is 71.3 Å². The summed E-state index contributed by atoms with van der Waals surface area (Å²) in [6.07, 6.45) is 2.57. The van der Waals surface area contributed by atoms with Crippen molar-refractivity contribution in [2.24, 2.45) is 4.99 Å². The maximum atomic E-state index is 5.60. The third-order valence-electron chi connectivity index (χ3n) is 5.48. The van der Waals surface area contributed by atoms with Crippen molar-refractivity contribution in [2.45, 2.75) is 39.0 Å². The Morgan fingerprint density at radius 1 is 1.00 bits per heavy atom. The molecule has 5 nitrogen and oxygen atoms in total. The Hall–Kier alpha value is -2.37. The Balaban J connectivity index is 1.59. The van der Waals surface area contributed by atoms with E-state index in [1.165, 1.54) is 29.5 Å². The molecule has 2 N–H and O–H groups in total. The van der Waals surface area contributed by atoms with Gasteiger partial charge in [-0.1, -0.05) is 54.6 Å². The molecule has 0 aliphatic carbocycles. The van der Waals surface area contributed by atoms with E-state index in [1.807, 2.05) is 14.0 Å². The summed E-state index contributed by atoms with van der Waals surface area (Å²) in [5.74, 6) is 0.830. The number of ether oxygens (including phenoxy) is 1. The Labute approximate surface area is 175 Å². The van der Waals surface area contributed by atoms with Gasteiger partial charge in [0, 0.05) is 26.7 Å². The zero-order chi connectivity index (χ0) is 20.3. The molecule has 1 saturated heterocycles. The molecular weight excluding hydrogens is 360 g/mol. The van der Waals surface area contributed by atoms with Crippen LogP contribution in [-0.2, 0) is 17.9 Å². The molecule has 0 saturated carbocycles. The molecule has 156 valence electrons. The summed E-state index contributed by atoms with van der Waals surface area (Å²) in [6, 6.07) is 19.6. The SMILES string of the molecule is CCOCc1ccccc1CNC(=NC)NCC(c1ccccc1)N1CCCC1. The molecule has 5 heteroatoms. The normalized spacial score (nSPS) is 16.0. The maximum Gasteiger partial charge on any atom is 0.191 e. The quantitative estimate of drug-likeness (QED) is 0.503. The zero-order valence-corrected chi connectivity index (χ0v) is 17.7. The third-order valence-corrected chi connectivity index (χ3v) is 5.48. The molecule has 29 heavy (non-hydrogen) atoms. The summed E-state index contributed by atoms with van der Waals surface area (Å²) in [4.78, 5) is 7.01. The number of benzene rings is 2. The molecule has 1 aliphatic rings. The number of hydrogen-bond acceptors (Lipinski definition) is 3. The number of nitrogens with zero attached hydrogens (tertiary/aromatic N) is 2. The topological polar surface area (TPSA) is 48.9 Å². The van der Waals surface area contributed by atoms with Crippen molar-refractivity contribution >= 4 is 5.96 Å². The summed E-state index contributed by atoms with van der Waals surface area (Å²) < 4.78 is 5.60. The lowest BCUT2D eigenvalue weighted by atomic mass is 10.1. The number of nitrogens with one attached hydrogen (secondary N) is 2. The van der Waals surface area contributed by atoms with Gasteiger partial charge in [0.2, 0.25) is 0 Å². The van der Waals surface area contributed by atoms with Crippen LogP contribution in [0.1, 0.15) is 42.5 Å². The van der Waals surface area contributed by atoms with Crippen LogP contribution >= 0.6 is 0 Å². The zero-order valence-electron chi connectivity index (χ0n) is 17.7. The lowest BCUT2D eigenvalue weighted by Gasteiger charge is -2.29. The van der Waals surface area contributed by atoms with Crippen molar-refractivity contribution in [1.82, 2.24) is 15.5 Å². The first-order valence-electron chi connectivity index (χ1n) is 10.7. The van der Waals surface area contributed by atoms with E-state index in [0.29, 0.717) is 12.6 Å². The monoisotopic (exact) mass is 394 g/mol. The average molecular weight is 395 g/mol. The second-order valence-electron chi connectivity index (χ2n) is 7.38. The first kappa shape index (κ1) is 21.3. The van der Waals surface area contributed by atoms with Crippen molar-refractivity contribution in [2.75, 3.05) is 33.3 Å². The smallest absolute Gasteiger partial charge is 0.191 e. The maximum absolute atomic E-state index is 5.60. The van der Waals surface area contributed by atoms with Gasteiger partial charge < -0.3 is 15.4 Å². The van der Waals surface area contributed by atoms with E-state index in [9.17, 15) is 0 Å². The van der Waals surface area contributed by atoms with Crippen LogP contribution in [0.3, 0.4) is 0 Å². The Morgan fingerprint density at radius 3 is 2.38 bits per heavy atom. The van der Waals surface area contributed by atoms with Gasteiger partial charge >= 0.3 is 0 Å². The minimum Gasteiger partial charge on any atom is -0.377 e. The molecule has 2 aromatic rings. The fraction of sp³-hybridized carbons (Fsp3) is 0.458.